The fourth-order valence-corrected chi connectivity index (χ4v) is 3.20. The highest BCUT2D eigenvalue weighted by Crippen LogP contribution is 2.24. The number of hydrogen-bond acceptors (Lipinski definition) is 3. The van der Waals surface area contributed by atoms with Gasteiger partial charge >= 0.3 is 6.09 Å². The number of alkyl halides is 1. The van der Waals surface area contributed by atoms with Crippen molar-refractivity contribution in [2.45, 2.75) is 32.4 Å². The molecular formula is C9H16BrNO2S. The molecule has 1 heterocycles. The fraction of sp³-hybridized carbons (Fsp3) is 0.889. The number of rotatable bonds is 1. The van der Waals surface area contributed by atoms with Crippen molar-refractivity contribution in [2.24, 2.45) is 0 Å². The van der Waals surface area contributed by atoms with Gasteiger partial charge in [-0.2, -0.15) is 0 Å². The summed E-state index contributed by atoms with van der Waals surface area (Å²) in [6.07, 6.45) is -0.202. The average molecular weight is 282 g/mol. The Balaban J connectivity index is 2.52. The van der Waals surface area contributed by atoms with E-state index in [1.54, 1.807) is 16.7 Å². The Bertz CT molecular complexity index is 217. The molecule has 0 bridgehead atoms. The van der Waals surface area contributed by atoms with Gasteiger partial charge in [0, 0.05) is 11.1 Å². The molecule has 1 atom stereocenters. The van der Waals surface area contributed by atoms with Gasteiger partial charge in [-0.05, 0) is 20.8 Å². The van der Waals surface area contributed by atoms with E-state index < -0.39 is 5.60 Å². The van der Waals surface area contributed by atoms with Crippen LogP contribution in [0.1, 0.15) is 20.8 Å². The summed E-state index contributed by atoms with van der Waals surface area (Å²) in [5, 5.41) is 0.819. The van der Waals surface area contributed by atoms with Gasteiger partial charge < -0.3 is 4.74 Å². The summed E-state index contributed by atoms with van der Waals surface area (Å²) < 4.78 is 5.31. The van der Waals surface area contributed by atoms with Crippen molar-refractivity contribution in [2.75, 3.05) is 17.0 Å². The largest absolute Gasteiger partial charge is 0.444 e. The third kappa shape index (κ3) is 3.35. The van der Waals surface area contributed by atoms with Gasteiger partial charge in [0.1, 0.15) is 5.60 Å². The van der Waals surface area contributed by atoms with E-state index >= 15 is 0 Å². The predicted molar refractivity (Wildman–Crippen MR) is 63.0 cm³/mol. The zero-order valence-electron chi connectivity index (χ0n) is 8.75. The number of amides is 1. The molecule has 0 spiro atoms. The molecule has 1 unspecified atom stereocenters. The maximum absolute atomic E-state index is 11.7. The molecule has 0 aliphatic carbocycles. The Morgan fingerprint density at radius 3 is 2.79 bits per heavy atom. The zero-order chi connectivity index (χ0) is 10.8. The zero-order valence-corrected chi connectivity index (χ0v) is 11.2. The lowest BCUT2D eigenvalue weighted by Gasteiger charge is -2.27. The topological polar surface area (TPSA) is 29.5 Å². The molecule has 1 amide bonds. The van der Waals surface area contributed by atoms with Crippen molar-refractivity contribution >= 4 is 33.8 Å². The van der Waals surface area contributed by atoms with Gasteiger partial charge in [0.15, 0.2) is 0 Å². The molecule has 3 nitrogen and oxygen atoms in total. The monoisotopic (exact) mass is 281 g/mol. The number of halogens is 1. The van der Waals surface area contributed by atoms with Crippen molar-refractivity contribution in [3.63, 3.8) is 0 Å². The molecule has 0 aromatic carbocycles. The number of hydrogen-bond donors (Lipinski definition) is 0. The second-order valence-electron chi connectivity index (χ2n) is 4.26. The summed E-state index contributed by atoms with van der Waals surface area (Å²) in [5.74, 6) is 1.73. The van der Waals surface area contributed by atoms with Crippen molar-refractivity contribution in [3.05, 3.63) is 0 Å². The van der Waals surface area contributed by atoms with Crippen molar-refractivity contribution in [3.8, 4) is 0 Å². The summed E-state index contributed by atoms with van der Waals surface area (Å²) in [4.78, 5) is 13.5. The Morgan fingerprint density at radius 1 is 1.64 bits per heavy atom. The van der Waals surface area contributed by atoms with E-state index in [0.29, 0.717) is 0 Å². The Labute approximate surface area is 97.7 Å². The van der Waals surface area contributed by atoms with Crippen LogP contribution in [0.25, 0.3) is 0 Å². The van der Waals surface area contributed by atoms with Crippen LogP contribution in [0.3, 0.4) is 0 Å². The highest BCUT2D eigenvalue weighted by atomic mass is 79.9. The smallest absolute Gasteiger partial charge is 0.411 e. The standard InChI is InChI=1S/C9H16BrNO2S/c1-9(2,3)13-8(12)11-6-14-5-7(11)4-10/h7H,4-6H2,1-3H3. The van der Waals surface area contributed by atoms with Crippen molar-refractivity contribution in [1.29, 1.82) is 0 Å². The molecule has 82 valence electrons. The Morgan fingerprint density at radius 2 is 2.29 bits per heavy atom. The normalized spacial score (nSPS) is 22.6. The minimum atomic E-state index is -0.402. The Hall–Kier alpha value is 0.100. The average Bonchev–Trinajstić information content (AvgIpc) is 2.47. The van der Waals surface area contributed by atoms with Crippen molar-refractivity contribution in [1.82, 2.24) is 4.90 Å². The van der Waals surface area contributed by atoms with Crippen LogP contribution in [0.15, 0.2) is 0 Å². The van der Waals surface area contributed by atoms with Gasteiger partial charge in [0.25, 0.3) is 0 Å². The van der Waals surface area contributed by atoms with Gasteiger partial charge in [-0.25, -0.2) is 4.79 Å². The molecule has 1 aliphatic heterocycles. The third-order valence-electron chi connectivity index (χ3n) is 1.79. The van der Waals surface area contributed by atoms with E-state index in [0.717, 1.165) is 17.0 Å². The lowest BCUT2D eigenvalue weighted by Crippen LogP contribution is -2.41. The van der Waals surface area contributed by atoms with Crippen LogP contribution < -0.4 is 0 Å². The first kappa shape index (κ1) is 12.2. The molecule has 0 N–H and O–H groups in total. The number of ether oxygens (including phenoxy) is 1. The molecule has 14 heavy (non-hydrogen) atoms. The van der Waals surface area contributed by atoms with Gasteiger partial charge in [-0.3, -0.25) is 4.90 Å². The molecule has 5 heteroatoms. The van der Waals surface area contributed by atoms with E-state index in [1.807, 2.05) is 20.8 Å². The van der Waals surface area contributed by atoms with Gasteiger partial charge in [-0.1, -0.05) is 15.9 Å². The predicted octanol–water partition coefficient (Wildman–Crippen LogP) is 2.69. The lowest BCUT2D eigenvalue weighted by molar-refractivity contribution is 0.0256. The molecule has 1 aliphatic rings. The molecule has 1 fully saturated rings. The van der Waals surface area contributed by atoms with Crippen LogP contribution in [0.5, 0.6) is 0 Å². The van der Waals surface area contributed by atoms with E-state index in [2.05, 4.69) is 15.9 Å². The number of nitrogens with zero attached hydrogens (tertiary/aromatic N) is 1. The summed E-state index contributed by atoms with van der Waals surface area (Å²) >= 11 is 5.17. The number of thioether (sulfide) groups is 1. The third-order valence-corrected chi connectivity index (χ3v) is 3.62. The molecule has 0 aromatic heterocycles. The van der Waals surface area contributed by atoms with E-state index in [4.69, 9.17) is 4.74 Å². The van der Waals surface area contributed by atoms with Gasteiger partial charge in [0.05, 0.1) is 11.9 Å². The maximum Gasteiger partial charge on any atom is 0.411 e. The minimum absolute atomic E-state index is 0.202. The summed E-state index contributed by atoms with van der Waals surface area (Å²) in [7, 11) is 0. The first-order valence-corrected chi connectivity index (χ1v) is 6.85. The fourth-order valence-electron chi connectivity index (χ4n) is 1.13. The highest BCUT2D eigenvalue weighted by molar-refractivity contribution is 9.09. The minimum Gasteiger partial charge on any atom is -0.444 e. The molecule has 0 radical (unpaired) electrons. The highest BCUT2D eigenvalue weighted by Gasteiger charge is 2.31. The molecule has 0 saturated carbocycles. The molecule has 0 aromatic rings. The first-order valence-electron chi connectivity index (χ1n) is 4.57. The number of carbonyl (C=O) groups excluding carboxylic acids is 1. The van der Waals surface area contributed by atoms with Crippen LogP contribution in [0.2, 0.25) is 0 Å². The second-order valence-corrected chi connectivity index (χ2v) is 5.91. The van der Waals surface area contributed by atoms with E-state index in [9.17, 15) is 4.79 Å². The van der Waals surface area contributed by atoms with Crippen LogP contribution in [-0.2, 0) is 4.74 Å². The van der Waals surface area contributed by atoms with Crippen molar-refractivity contribution < 1.29 is 9.53 Å². The van der Waals surface area contributed by atoms with E-state index in [-0.39, 0.29) is 12.1 Å². The first-order chi connectivity index (χ1) is 6.44. The lowest BCUT2D eigenvalue weighted by atomic mass is 10.2. The van der Waals surface area contributed by atoms with Crippen LogP contribution in [0.4, 0.5) is 4.79 Å². The maximum atomic E-state index is 11.7. The summed E-state index contributed by atoms with van der Waals surface area (Å²) in [6, 6.07) is 0.273. The molecular weight excluding hydrogens is 266 g/mol. The summed E-state index contributed by atoms with van der Waals surface area (Å²) in [6.45, 7) is 5.66. The van der Waals surface area contributed by atoms with Crippen LogP contribution >= 0.6 is 27.7 Å². The Kier molecular flexibility index (Phi) is 4.13. The number of carbonyl (C=O) groups is 1. The van der Waals surface area contributed by atoms with Crippen LogP contribution in [-0.4, -0.2) is 39.6 Å². The van der Waals surface area contributed by atoms with E-state index in [1.165, 1.54) is 0 Å². The van der Waals surface area contributed by atoms with Gasteiger partial charge in [0.2, 0.25) is 0 Å². The summed E-state index contributed by atoms with van der Waals surface area (Å²) in [5.41, 5.74) is -0.402. The SMILES string of the molecule is CC(C)(C)OC(=O)N1CSCC1CBr. The second kappa shape index (κ2) is 4.75. The molecule has 1 rings (SSSR count). The molecule has 1 saturated heterocycles. The van der Waals surface area contributed by atoms with Crippen LogP contribution in [0, 0.1) is 0 Å². The van der Waals surface area contributed by atoms with Gasteiger partial charge in [-0.15, -0.1) is 11.8 Å². The quantitative estimate of drug-likeness (QED) is 0.692.